The second-order valence-electron chi connectivity index (χ2n) is 4.17. The molecule has 1 amide bonds. The van der Waals surface area contributed by atoms with E-state index in [9.17, 15) is 13.2 Å². The van der Waals surface area contributed by atoms with E-state index >= 15 is 0 Å². The van der Waals surface area contributed by atoms with E-state index in [1.807, 2.05) is 30.3 Å². The van der Waals surface area contributed by atoms with Crippen molar-refractivity contribution < 1.29 is 34.3 Å². The van der Waals surface area contributed by atoms with Crippen LogP contribution in [0.4, 0.5) is 4.79 Å². The third-order valence-electron chi connectivity index (χ3n) is 2.91. The lowest BCUT2D eigenvalue weighted by Crippen LogP contribution is -3.00. The van der Waals surface area contributed by atoms with Crippen LogP contribution < -0.4 is 12.4 Å². The molecule has 1 aliphatic heterocycles. The average molecular weight is 319 g/mol. The summed E-state index contributed by atoms with van der Waals surface area (Å²) in [6.07, 6.45) is -0.403. The molecule has 2 rings (SSSR count). The van der Waals surface area contributed by atoms with E-state index in [1.165, 1.54) is 8.85 Å². The minimum absolute atomic E-state index is 0. The lowest BCUT2D eigenvalue weighted by atomic mass is 10.2. The maximum atomic E-state index is 11.8. The van der Waals surface area contributed by atoms with Crippen LogP contribution in [0, 0.1) is 0 Å². The Hall–Kier alpha value is -1.60. The van der Waals surface area contributed by atoms with Crippen molar-refractivity contribution in [3.8, 4) is 0 Å². The molecule has 0 aromatic heterocycles. The van der Waals surface area contributed by atoms with Crippen molar-refractivity contribution in [2.75, 3.05) is 26.2 Å². The van der Waals surface area contributed by atoms with Gasteiger partial charge in [-0.05, 0) is 5.56 Å². The van der Waals surface area contributed by atoms with Crippen LogP contribution in [0.25, 0.3) is 0 Å². The number of halogens is 1. The molecule has 0 bridgehead atoms. The maximum absolute atomic E-state index is 11.8. The number of hydrogen-bond acceptors (Lipinski definition) is 4. The number of carbonyl (C=O) groups is 1. The first-order valence-corrected chi connectivity index (χ1v) is 7.00. The average Bonchev–Trinajstić information content (AvgIpc) is 2.46. The van der Waals surface area contributed by atoms with Crippen molar-refractivity contribution in [1.82, 2.24) is 4.90 Å². The molecule has 1 aromatic rings. The summed E-state index contributed by atoms with van der Waals surface area (Å²) < 4.78 is 27.9. The monoisotopic (exact) mass is 318 g/mol. The zero-order chi connectivity index (χ0) is 13.7. The molecule has 0 saturated carbocycles. The Morgan fingerprint density at radius 3 is 2.35 bits per heavy atom. The third-order valence-corrected chi connectivity index (χ3v) is 3.70. The molecule has 6 nitrogen and oxygen atoms in total. The fourth-order valence-electron chi connectivity index (χ4n) is 1.83. The lowest BCUT2D eigenvalue weighted by molar-refractivity contribution is -0.514. The fraction of sp³-hybridized carbons (Fsp3) is 0.417. The Kier molecular flexibility index (Phi) is 6.47. The van der Waals surface area contributed by atoms with Gasteiger partial charge in [0.1, 0.15) is 6.61 Å². The zero-order valence-electron chi connectivity index (χ0n) is 10.7. The Bertz CT molecular complexity index is 571. The van der Waals surface area contributed by atoms with Gasteiger partial charge in [-0.2, -0.15) is 0 Å². The van der Waals surface area contributed by atoms with E-state index in [4.69, 9.17) is 4.74 Å². The van der Waals surface area contributed by atoms with Crippen molar-refractivity contribution in [3.63, 3.8) is 0 Å². The molecule has 1 saturated heterocycles. The van der Waals surface area contributed by atoms with E-state index in [-0.39, 0.29) is 19.0 Å². The highest BCUT2D eigenvalue weighted by Crippen LogP contribution is 2.05. The Morgan fingerprint density at radius 1 is 1.20 bits per heavy atom. The maximum Gasteiger partial charge on any atom is 0.459 e. The predicted octanol–water partition coefficient (Wildman–Crippen LogP) is -2.28. The van der Waals surface area contributed by atoms with Gasteiger partial charge in [0.05, 0.1) is 13.1 Å². The molecular formula is C12H15ClN2O4S. The molecule has 0 aliphatic carbocycles. The second kappa shape index (κ2) is 7.86. The van der Waals surface area contributed by atoms with Gasteiger partial charge >= 0.3 is 16.6 Å². The van der Waals surface area contributed by atoms with Gasteiger partial charge in [-0.1, -0.05) is 30.3 Å². The van der Waals surface area contributed by atoms with Gasteiger partial charge in [0.25, 0.3) is 0 Å². The highest BCUT2D eigenvalue weighted by Gasteiger charge is 2.25. The van der Waals surface area contributed by atoms with Crippen molar-refractivity contribution in [2.45, 2.75) is 6.61 Å². The first kappa shape index (κ1) is 16.5. The van der Waals surface area contributed by atoms with Crippen LogP contribution in [-0.4, -0.2) is 49.5 Å². The summed E-state index contributed by atoms with van der Waals surface area (Å²) in [6, 6.07) is 9.42. The number of ether oxygens (including phenoxy) is 1. The van der Waals surface area contributed by atoms with Crippen LogP contribution in [0.15, 0.2) is 30.3 Å². The number of carbonyl (C=O) groups excluding carboxylic acids is 1. The summed E-state index contributed by atoms with van der Waals surface area (Å²) >= 11 is 0. The molecule has 20 heavy (non-hydrogen) atoms. The normalized spacial score (nSPS) is 14.4. The molecule has 1 fully saturated rings. The zero-order valence-corrected chi connectivity index (χ0v) is 12.3. The summed E-state index contributed by atoms with van der Waals surface area (Å²) in [5.74, 6) is 0. The molecule has 1 heterocycles. The van der Waals surface area contributed by atoms with Crippen molar-refractivity contribution >= 4 is 16.6 Å². The predicted molar refractivity (Wildman–Crippen MR) is 67.1 cm³/mol. The summed E-state index contributed by atoms with van der Waals surface area (Å²) in [6.45, 7) is 1.59. The van der Waals surface area contributed by atoms with E-state index in [2.05, 4.69) is 0 Å². The number of hydrogen-bond donors (Lipinski definition) is 0. The summed E-state index contributed by atoms with van der Waals surface area (Å²) in [4.78, 5) is 13.3. The van der Waals surface area contributed by atoms with Gasteiger partial charge < -0.3 is 17.1 Å². The fourth-order valence-corrected chi connectivity index (χ4v) is 2.29. The summed E-state index contributed by atoms with van der Waals surface area (Å²) in [7, 11) is -2.21. The number of benzene rings is 1. The smallest absolute Gasteiger partial charge is 0.459 e. The Balaban J connectivity index is 0.00000200. The number of rotatable bonds is 2. The number of nitrogens with zero attached hydrogens (tertiary/aromatic N) is 2. The molecular weight excluding hydrogens is 304 g/mol. The highest BCUT2D eigenvalue weighted by molar-refractivity contribution is 7.58. The van der Waals surface area contributed by atoms with E-state index < -0.39 is 16.6 Å². The summed E-state index contributed by atoms with van der Waals surface area (Å²) in [5.41, 5.74) is 0.926. The van der Waals surface area contributed by atoms with Crippen LogP contribution in [0.5, 0.6) is 0 Å². The molecule has 8 heteroatoms. The van der Waals surface area contributed by atoms with Crippen LogP contribution >= 0.6 is 0 Å². The van der Waals surface area contributed by atoms with E-state index in [0.717, 1.165) is 5.56 Å². The standard InChI is InChI=1S/C12H15N2O4S.ClH/c15-12(18-10-11-4-2-1-3-5-11)13-6-8-14(9-7-13)19(16)17;/h1-5H,6-10H2;1H/q+1;/p-1. The van der Waals surface area contributed by atoms with Gasteiger partial charge in [-0.3, -0.25) is 4.90 Å². The van der Waals surface area contributed by atoms with Crippen LogP contribution in [-0.2, 0) is 21.8 Å². The quantitative estimate of drug-likeness (QED) is 0.576. The van der Waals surface area contributed by atoms with Gasteiger partial charge in [0, 0.05) is 0 Å². The molecule has 0 atom stereocenters. The number of piperazine rings is 1. The topological polar surface area (TPSA) is 66.7 Å². The lowest BCUT2D eigenvalue weighted by Gasteiger charge is -2.22. The Labute approximate surface area is 125 Å². The largest absolute Gasteiger partial charge is 1.00 e. The second-order valence-corrected chi connectivity index (χ2v) is 5.12. The highest BCUT2D eigenvalue weighted by atomic mass is 35.5. The van der Waals surface area contributed by atoms with E-state index in [1.54, 1.807) is 0 Å². The molecule has 1 aromatic carbocycles. The molecule has 0 N–H and O–H groups in total. The van der Waals surface area contributed by atoms with Crippen molar-refractivity contribution in [1.29, 1.82) is 0 Å². The van der Waals surface area contributed by atoms with Crippen molar-refractivity contribution in [2.24, 2.45) is 0 Å². The third kappa shape index (κ3) is 4.50. The number of amides is 1. The first-order valence-electron chi connectivity index (χ1n) is 5.97. The molecule has 0 radical (unpaired) electrons. The minimum Gasteiger partial charge on any atom is -1.00 e. The van der Waals surface area contributed by atoms with Crippen LogP contribution in [0.1, 0.15) is 5.56 Å². The molecule has 0 unspecified atom stereocenters. The molecule has 110 valence electrons. The van der Waals surface area contributed by atoms with Gasteiger partial charge in [0.2, 0.25) is 0 Å². The van der Waals surface area contributed by atoms with Crippen molar-refractivity contribution in [3.05, 3.63) is 35.9 Å². The molecule has 0 spiro atoms. The van der Waals surface area contributed by atoms with Gasteiger partial charge in [0.15, 0.2) is 13.1 Å². The Morgan fingerprint density at radius 2 is 1.80 bits per heavy atom. The molecule has 1 aliphatic rings. The minimum atomic E-state index is -2.21. The first-order chi connectivity index (χ1) is 9.16. The SMILES string of the molecule is O=C(OCc1ccccc1)N1CC[N+](=S(=O)=O)CC1.[Cl-]. The summed E-state index contributed by atoms with van der Waals surface area (Å²) in [5, 5.41) is 0. The van der Waals surface area contributed by atoms with Crippen LogP contribution in [0.3, 0.4) is 0 Å². The van der Waals surface area contributed by atoms with E-state index in [0.29, 0.717) is 26.2 Å². The van der Waals surface area contributed by atoms with Gasteiger partial charge in [-0.15, -0.1) is 12.4 Å². The van der Waals surface area contributed by atoms with Crippen LogP contribution in [0.2, 0.25) is 0 Å². The van der Waals surface area contributed by atoms with Gasteiger partial charge in [-0.25, -0.2) is 4.79 Å².